The van der Waals surface area contributed by atoms with E-state index in [0.717, 1.165) is 22.4 Å². The highest BCUT2D eigenvalue weighted by Crippen LogP contribution is 2.06. The summed E-state index contributed by atoms with van der Waals surface area (Å²) in [6.07, 6.45) is 2.46. The number of aromatic nitrogens is 2. The molecule has 0 saturated heterocycles. The fourth-order valence-electron chi connectivity index (χ4n) is 0.935. The van der Waals surface area contributed by atoms with Crippen molar-refractivity contribution >= 4 is 17.0 Å². The van der Waals surface area contributed by atoms with Crippen LogP contribution in [0.1, 0.15) is 18.2 Å². The van der Waals surface area contributed by atoms with Gasteiger partial charge in [0.25, 0.3) is 0 Å². The Labute approximate surface area is 70.0 Å². The molecule has 0 aliphatic carbocycles. The van der Waals surface area contributed by atoms with Crippen LogP contribution in [0.5, 0.6) is 0 Å². The van der Waals surface area contributed by atoms with Gasteiger partial charge in [-0.05, 0) is 30.5 Å². The minimum atomic E-state index is -0.562. The van der Waals surface area contributed by atoms with Crippen LogP contribution in [-0.4, -0.2) is 15.1 Å². The van der Waals surface area contributed by atoms with Crippen LogP contribution in [0.15, 0.2) is 6.20 Å². The smallest absolute Gasteiger partial charge is 0.253 e. The highest BCUT2D eigenvalue weighted by Gasteiger charge is 2.05. The van der Waals surface area contributed by atoms with Gasteiger partial charge < -0.3 is 0 Å². The zero-order valence-corrected chi connectivity index (χ0v) is 7.22. The van der Waals surface area contributed by atoms with Gasteiger partial charge in [0.1, 0.15) is 0 Å². The third-order valence-electron chi connectivity index (χ3n) is 1.51. The Hall–Kier alpha value is -0.830. The van der Waals surface area contributed by atoms with Crippen LogP contribution in [0.4, 0.5) is 4.79 Å². The lowest BCUT2D eigenvalue weighted by Gasteiger charge is -1.88. The van der Waals surface area contributed by atoms with Crippen molar-refractivity contribution in [3.05, 3.63) is 17.5 Å². The quantitative estimate of drug-likeness (QED) is 0.607. The molecule has 0 saturated carbocycles. The maximum absolute atomic E-state index is 10.6. The minimum absolute atomic E-state index is 0.562. The first-order chi connectivity index (χ1) is 5.15. The highest BCUT2D eigenvalue weighted by atomic mass is 35.5. The third kappa shape index (κ3) is 1.60. The molecule has 0 aromatic carbocycles. The van der Waals surface area contributed by atoms with E-state index in [0.29, 0.717) is 0 Å². The van der Waals surface area contributed by atoms with Crippen molar-refractivity contribution in [1.29, 1.82) is 0 Å². The van der Waals surface area contributed by atoms with Crippen LogP contribution in [0.2, 0.25) is 0 Å². The van der Waals surface area contributed by atoms with Gasteiger partial charge in [-0.3, -0.25) is 4.79 Å². The number of hydrogen-bond acceptors (Lipinski definition) is 2. The number of carbonyl (C=O) groups is 1. The summed E-state index contributed by atoms with van der Waals surface area (Å²) in [6.45, 7) is 3.89. The molecule has 0 spiro atoms. The number of hydrogen-bond donors (Lipinski definition) is 0. The fraction of sp³-hybridized carbons (Fsp3) is 0.429. The number of carbonyl (C=O) groups excluding carboxylic acids is 1. The molecule has 11 heavy (non-hydrogen) atoms. The van der Waals surface area contributed by atoms with Gasteiger partial charge >= 0.3 is 5.37 Å². The van der Waals surface area contributed by atoms with Crippen molar-refractivity contribution < 1.29 is 4.79 Å². The van der Waals surface area contributed by atoms with E-state index in [9.17, 15) is 4.79 Å². The number of nitrogens with zero attached hydrogens (tertiary/aromatic N) is 2. The van der Waals surface area contributed by atoms with E-state index in [1.165, 1.54) is 0 Å². The van der Waals surface area contributed by atoms with Crippen LogP contribution in [0, 0.1) is 6.92 Å². The Bertz CT molecular complexity index is 280. The standard InChI is InChI=1S/C7H9ClN2O/c1-3-6-5(2)4-10(9-6)7(8)11/h4H,3H2,1-2H3. The van der Waals surface area contributed by atoms with Crippen LogP contribution in [-0.2, 0) is 6.42 Å². The molecule has 0 radical (unpaired) electrons. The fourth-order valence-corrected chi connectivity index (χ4v) is 1.02. The molecule has 4 heteroatoms. The summed E-state index contributed by atoms with van der Waals surface area (Å²) < 4.78 is 1.15. The summed E-state index contributed by atoms with van der Waals surface area (Å²) in [6, 6.07) is 0. The van der Waals surface area contributed by atoms with Gasteiger partial charge in [0.15, 0.2) is 0 Å². The SMILES string of the molecule is CCc1nn(C(=O)Cl)cc1C. The molecular weight excluding hydrogens is 164 g/mol. The average Bonchev–Trinajstić information content (AvgIpc) is 2.31. The first kappa shape index (κ1) is 8.27. The molecular formula is C7H9ClN2O. The van der Waals surface area contributed by atoms with E-state index >= 15 is 0 Å². The highest BCUT2D eigenvalue weighted by molar-refractivity contribution is 6.63. The van der Waals surface area contributed by atoms with Crippen LogP contribution in [0.3, 0.4) is 0 Å². The first-order valence-electron chi connectivity index (χ1n) is 3.40. The molecule has 0 unspecified atom stereocenters. The van der Waals surface area contributed by atoms with Crippen molar-refractivity contribution in [1.82, 2.24) is 9.78 Å². The first-order valence-corrected chi connectivity index (χ1v) is 3.78. The Morgan fingerprint density at radius 3 is 2.73 bits per heavy atom. The molecule has 1 aromatic heterocycles. The topological polar surface area (TPSA) is 34.9 Å². The van der Waals surface area contributed by atoms with Crippen LogP contribution < -0.4 is 0 Å². The molecule has 0 atom stereocenters. The van der Waals surface area contributed by atoms with Gasteiger partial charge in [0, 0.05) is 6.20 Å². The van der Waals surface area contributed by atoms with Crippen molar-refractivity contribution in [2.75, 3.05) is 0 Å². The molecule has 0 amide bonds. The Balaban J connectivity index is 3.05. The minimum Gasteiger partial charge on any atom is -0.253 e. The van der Waals surface area contributed by atoms with Gasteiger partial charge in [-0.15, -0.1) is 0 Å². The van der Waals surface area contributed by atoms with Crippen LogP contribution in [0.25, 0.3) is 0 Å². The lowest BCUT2D eigenvalue weighted by atomic mass is 10.2. The van der Waals surface area contributed by atoms with Gasteiger partial charge in [-0.1, -0.05) is 6.92 Å². The second-order valence-corrected chi connectivity index (χ2v) is 2.63. The summed E-state index contributed by atoms with van der Waals surface area (Å²) in [5.74, 6) is 0. The third-order valence-corrected chi connectivity index (χ3v) is 1.69. The lowest BCUT2D eigenvalue weighted by Crippen LogP contribution is -2.02. The predicted octanol–water partition coefficient (Wildman–Crippen LogP) is 1.96. The zero-order chi connectivity index (χ0) is 8.43. The molecule has 0 N–H and O–H groups in total. The van der Waals surface area contributed by atoms with E-state index in [2.05, 4.69) is 5.10 Å². The number of rotatable bonds is 1. The maximum atomic E-state index is 10.6. The molecule has 60 valence electrons. The second-order valence-electron chi connectivity index (χ2n) is 2.31. The Morgan fingerprint density at radius 1 is 1.82 bits per heavy atom. The Kier molecular flexibility index (Phi) is 2.29. The summed E-state index contributed by atoms with van der Waals surface area (Å²) in [5.41, 5.74) is 1.92. The normalized spacial score (nSPS) is 10.1. The van der Waals surface area contributed by atoms with Crippen molar-refractivity contribution in [3.8, 4) is 0 Å². The van der Waals surface area contributed by atoms with E-state index in [1.54, 1.807) is 6.20 Å². The Morgan fingerprint density at radius 2 is 2.45 bits per heavy atom. The molecule has 0 aliphatic rings. The number of aryl methyl sites for hydroxylation is 2. The predicted molar refractivity (Wildman–Crippen MR) is 43.0 cm³/mol. The van der Waals surface area contributed by atoms with E-state index in [1.807, 2.05) is 13.8 Å². The van der Waals surface area contributed by atoms with Gasteiger partial charge in [0.2, 0.25) is 0 Å². The van der Waals surface area contributed by atoms with Gasteiger partial charge in [-0.25, -0.2) is 0 Å². The molecule has 0 aliphatic heterocycles. The van der Waals surface area contributed by atoms with E-state index < -0.39 is 5.37 Å². The van der Waals surface area contributed by atoms with Crippen molar-refractivity contribution in [2.45, 2.75) is 20.3 Å². The molecule has 1 heterocycles. The van der Waals surface area contributed by atoms with Gasteiger partial charge in [-0.2, -0.15) is 9.78 Å². The summed E-state index contributed by atoms with van der Waals surface area (Å²) in [4.78, 5) is 10.6. The van der Waals surface area contributed by atoms with E-state index in [4.69, 9.17) is 11.6 Å². The van der Waals surface area contributed by atoms with E-state index in [-0.39, 0.29) is 0 Å². The summed E-state index contributed by atoms with van der Waals surface area (Å²) >= 11 is 5.21. The van der Waals surface area contributed by atoms with Gasteiger partial charge in [0.05, 0.1) is 5.69 Å². The molecule has 0 bridgehead atoms. The largest absolute Gasteiger partial charge is 0.340 e. The molecule has 1 aromatic rings. The van der Waals surface area contributed by atoms with Crippen LogP contribution >= 0.6 is 11.6 Å². The average molecular weight is 173 g/mol. The second kappa shape index (κ2) is 3.05. The molecule has 0 fully saturated rings. The maximum Gasteiger partial charge on any atom is 0.340 e. The summed E-state index contributed by atoms with van der Waals surface area (Å²) in [7, 11) is 0. The monoisotopic (exact) mass is 172 g/mol. The molecule has 3 nitrogen and oxygen atoms in total. The number of halogens is 1. The molecule has 1 rings (SSSR count). The lowest BCUT2D eigenvalue weighted by molar-refractivity contribution is 0.258. The zero-order valence-electron chi connectivity index (χ0n) is 6.47. The summed E-state index contributed by atoms with van der Waals surface area (Å²) in [5, 5.41) is 3.40. The van der Waals surface area contributed by atoms with Crippen molar-refractivity contribution in [2.24, 2.45) is 0 Å². The van der Waals surface area contributed by atoms with Crippen molar-refractivity contribution in [3.63, 3.8) is 0 Å².